The highest BCUT2D eigenvalue weighted by Crippen LogP contribution is 2.33. The third-order valence-electron chi connectivity index (χ3n) is 6.52. The number of hydrogen-bond donors (Lipinski definition) is 1. The van der Waals surface area contributed by atoms with Crippen LogP contribution in [0, 0.1) is 25.5 Å². The predicted molar refractivity (Wildman–Crippen MR) is 160 cm³/mol. The Labute approximate surface area is 244 Å². The molecule has 7 nitrogen and oxygen atoms in total. The van der Waals surface area contributed by atoms with Gasteiger partial charge in [-0.2, -0.15) is 0 Å². The Morgan fingerprint density at radius 2 is 1.26 bits per heavy atom. The van der Waals surface area contributed by atoms with Crippen LogP contribution in [0.1, 0.15) is 11.1 Å². The fourth-order valence-corrected chi connectivity index (χ4v) is 4.72. The van der Waals surface area contributed by atoms with Gasteiger partial charge in [0.15, 0.2) is 5.82 Å². The third kappa shape index (κ3) is 5.64. The first kappa shape index (κ1) is 28.6. The van der Waals surface area contributed by atoms with Crippen molar-refractivity contribution in [1.29, 1.82) is 0 Å². The van der Waals surface area contributed by atoms with Crippen LogP contribution >= 0.6 is 11.6 Å². The van der Waals surface area contributed by atoms with Gasteiger partial charge in [0.05, 0.1) is 41.8 Å². The number of hydrogen-bond acceptors (Lipinski definition) is 6. The second kappa shape index (κ2) is 11.9. The Bertz CT molecular complexity index is 2010. The lowest BCUT2D eigenvalue weighted by Gasteiger charge is -2.10. The summed E-state index contributed by atoms with van der Waals surface area (Å²) >= 11 is 6.20. The van der Waals surface area contributed by atoms with E-state index >= 15 is 0 Å². The van der Waals surface area contributed by atoms with Gasteiger partial charge in [-0.3, -0.25) is 4.79 Å². The van der Waals surface area contributed by atoms with Gasteiger partial charge in [0.2, 0.25) is 0 Å². The zero-order valence-electron chi connectivity index (χ0n) is 23.1. The van der Waals surface area contributed by atoms with Crippen LogP contribution in [0.15, 0.2) is 77.6 Å². The summed E-state index contributed by atoms with van der Waals surface area (Å²) in [5.74, 6) is 0.131. The molecule has 0 bridgehead atoms. The molecule has 4 aromatic carbocycles. The average molecular weight is 587 g/mol. The Morgan fingerprint density at radius 1 is 0.714 bits per heavy atom. The van der Waals surface area contributed by atoms with Crippen molar-refractivity contribution in [2.75, 3.05) is 14.2 Å². The zero-order valence-corrected chi connectivity index (χ0v) is 23.9. The van der Waals surface area contributed by atoms with Gasteiger partial charge < -0.3 is 14.5 Å². The van der Waals surface area contributed by atoms with Crippen molar-refractivity contribution in [3.05, 3.63) is 111 Å². The Morgan fingerprint density at radius 3 is 1.88 bits per heavy atom. The number of benzene rings is 4. The lowest BCUT2D eigenvalue weighted by atomic mass is 10.1. The molecule has 0 aliphatic carbocycles. The highest BCUT2D eigenvalue weighted by atomic mass is 35.5. The van der Waals surface area contributed by atoms with E-state index in [1.807, 2.05) is 38.1 Å². The second-order valence-corrected chi connectivity index (χ2v) is 9.79. The molecule has 0 amide bonds. The van der Waals surface area contributed by atoms with E-state index in [0.29, 0.717) is 33.1 Å². The molecule has 2 aromatic heterocycles. The number of ether oxygens (including phenoxy) is 2. The number of rotatable bonds is 4. The largest absolute Gasteiger partial charge is 0.496 e. The molecule has 0 spiro atoms. The van der Waals surface area contributed by atoms with Crippen LogP contribution in [0.25, 0.3) is 44.6 Å². The summed E-state index contributed by atoms with van der Waals surface area (Å²) in [5.41, 5.74) is 3.29. The normalized spacial score (nSPS) is 10.8. The van der Waals surface area contributed by atoms with Crippen LogP contribution in [0.4, 0.5) is 8.78 Å². The minimum Gasteiger partial charge on any atom is -0.496 e. The quantitative estimate of drug-likeness (QED) is 0.216. The Kier molecular flexibility index (Phi) is 8.13. The van der Waals surface area contributed by atoms with E-state index < -0.39 is 11.6 Å². The maximum absolute atomic E-state index is 14.1. The van der Waals surface area contributed by atoms with Gasteiger partial charge in [0, 0.05) is 5.39 Å². The van der Waals surface area contributed by atoms with E-state index in [0.717, 1.165) is 16.5 Å². The topological polar surface area (TPSA) is 90.0 Å². The van der Waals surface area contributed by atoms with E-state index in [1.165, 1.54) is 26.4 Å². The van der Waals surface area contributed by atoms with Gasteiger partial charge in [0.1, 0.15) is 34.1 Å². The average Bonchev–Trinajstić information content (AvgIpc) is 2.96. The summed E-state index contributed by atoms with van der Waals surface area (Å²) in [4.78, 5) is 27.7. The molecular weight excluding hydrogens is 562 g/mol. The van der Waals surface area contributed by atoms with Gasteiger partial charge in [0.25, 0.3) is 5.56 Å². The summed E-state index contributed by atoms with van der Waals surface area (Å²) in [7, 11) is 2.92. The number of methoxy groups -OCH3 is 2. The van der Waals surface area contributed by atoms with Crippen molar-refractivity contribution >= 4 is 33.4 Å². The molecule has 0 radical (unpaired) electrons. The summed E-state index contributed by atoms with van der Waals surface area (Å²) in [6.07, 6.45) is 0. The minimum atomic E-state index is -0.496. The van der Waals surface area contributed by atoms with Crippen LogP contribution in [0.2, 0.25) is 5.15 Å². The molecule has 0 saturated carbocycles. The summed E-state index contributed by atoms with van der Waals surface area (Å²) in [5, 5.41) is 1.50. The van der Waals surface area contributed by atoms with E-state index in [2.05, 4.69) is 19.9 Å². The van der Waals surface area contributed by atoms with E-state index in [-0.39, 0.29) is 28.3 Å². The van der Waals surface area contributed by atoms with Crippen molar-refractivity contribution in [2.24, 2.45) is 0 Å². The molecule has 0 unspecified atom stereocenters. The number of H-pyrrole nitrogens is 1. The fourth-order valence-electron chi connectivity index (χ4n) is 4.48. The zero-order chi connectivity index (χ0) is 30.0. The summed E-state index contributed by atoms with van der Waals surface area (Å²) in [6.45, 7) is 3.87. The van der Waals surface area contributed by atoms with Crippen molar-refractivity contribution in [1.82, 2.24) is 19.9 Å². The monoisotopic (exact) mass is 586 g/mol. The van der Waals surface area contributed by atoms with Crippen LogP contribution < -0.4 is 15.0 Å². The molecular formula is C32H25ClF2N4O3. The lowest BCUT2D eigenvalue weighted by Crippen LogP contribution is -2.10. The SMILES string of the molecule is COc1cccc(F)c1-c1nc(Cl)c2ccc(C)cc2n1.COc1cccc(F)c1-c1nc2cc(C)ccc2c(=O)[nH]1. The fraction of sp³-hybridized carbons (Fsp3) is 0.125. The van der Waals surface area contributed by atoms with Gasteiger partial charge in [-0.1, -0.05) is 35.9 Å². The van der Waals surface area contributed by atoms with Crippen LogP contribution in [0.3, 0.4) is 0 Å². The Hall–Kier alpha value is -4.89. The molecule has 0 saturated heterocycles. The number of aryl methyl sites for hydroxylation is 2. The molecule has 10 heteroatoms. The standard InChI is InChI=1S/C16H12ClFN2O.C16H13FN2O2/c1-9-6-7-10-12(8-9)19-16(20-15(10)17)14-11(18)4-3-5-13(14)21-2;1-9-6-7-10-12(8-9)18-15(19-16(10)20)14-11(17)4-3-5-13(14)21-2/h3-8H,1-2H3;3-8H,1-2H3,(H,18,19,20). The molecule has 0 aliphatic heterocycles. The smallest absolute Gasteiger partial charge is 0.259 e. The highest BCUT2D eigenvalue weighted by Gasteiger charge is 2.17. The van der Waals surface area contributed by atoms with Gasteiger partial charge in [-0.05, 0) is 73.5 Å². The summed E-state index contributed by atoms with van der Waals surface area (Å²) < 4.78 is 38.6. The highest BCUT2D eigenvalue weighted by molar-refractivity contribution is 6.34. The van der Waals surface area contributed by atoms with Crippen molar-refractivity contribution in [3.63, 3.8) is 0 Å². The van der Waals surface area contributed by atoms with E-state index in [1.54, 1.807) is 36.4 Å². The Balaban J connectivity index is 0.000000168. The molecule has 6 rings (SSSR count). The number of halogens is 3. The molecule has 0 atom stereocenters. The van der Waals surface area contributed by atoms with E-state index in [4.69, 9.17) is 21.1 Å². The van der Waals surface area contributed by atoms with Crippen molar-refractivity contribution in [3.8, 4) is 34.3 Å². The maximum Gasteiger partial charge on any atom is 0.259 e. The molecule has 6 aromatic rings. The molecule has 42 heavy (non-hydrogen) atoms. The van der Waals surface area contributed by atoms with Crippen LogP contribution in [-0.2, 0) is 0 Å². The lowest BCUT2D eigenvalue weighted by molar-refractivity contribution is 0.413. The van der Waals surface area contributed by atoms with Gasteiger partial charge in [-0.25, -0.2) is 23.7 Å². The molecule has 1 N–H and O–H groups in total. The van der Waals surface area contributed by atoms with Crippen molar-refractivity contribution < 1.29 is 18.3 Å². The number of nitrogens with one attached hydrogen (secondary N) is 1. The summed E-state index contributed by atoms with van der Waals surface area (Å²) in [6, 6.07) is 20.1. The maximum atomic E-state index is 14.1. The molecule has 212 valence electrons. The first-order chi connectivity index (χ1) is 20.2. The number of aromatic nitrogens is 4. The molecule has 0 aliphatic rings. The predicted octanol–water partition coefficient (Wildman–Crippen LogP) is 7.45. The van der Waals surface area contributed by atoms with Crippen LogP contribution in [0.5, 0.6) is 11.5 Å². The molecule has 0 fully saturated rings. The minimum absolute atomic E-state index is 0.153. The first-order valence-corrected chi connectivity index (χ1v) is 13.2. The van der Waals surface area contributed by atoms with Crippen molar-refractivity contribution in [2.45, 2.75) is 13.8 Å². The van der Waals surface area contributed by atoms with Crippen LogP contribution in [-0.4, -0.2) is 34.2 Å². The number of fused-ring (bicyclic) bond motifs is 2. The van der Waals surface area contributed by atoms with Gasteiger partial charge in [-0.15, -0.1) is 0 Å². The first-order valence-electron chi connectivity index (χ1n) is 12.8. The number of aromatic amines is 1. The van der Waals surface area contributed by atoms with E-state index in [9.17, 15) is 13.6 Å². The number of nitrogens with zero attached hydrogens (tertiary/aromatic N) is 3. The molecule has 2 heterocycles. The third-order valence-corrected chi connectivity index (χ3v) is 6.81. The second-order valence-electron chi connectivity index (χ2n) is 9.43. The van der Waals surface area contributed by atoms with Gasteiger partial charge >= 0.3 is 0 Å².